The van der Waals surface area contributed by atoms with E-state index in [0.717, 1.165) is 0 Å². The van der Waals surface area contributed by atoms with Crippen molar-refractivity contribution in [1.82, 2.24) is 0 Å². The smallest absolute Gasteiger partial charge is 0.376 e. The Hall–Kier alpha value is -1.59. The molecule has 1 aliphatic carbocycles. The predicted octanol–water partition coefficient (Wildman–Crippen LogP) is 2.16. The largest absolute Gasteiger partial charge is 0.460 e. The first-order valence-corrected chi connectivity index (χ1v) is 5.39. The first kappa shape index (κ1) is 11.9. The van der Waals surface area contributed by atoms with Gasteiger partial charge in [0.2, 0.25) is 5.76 Å². The second kappa shape index (κ2) is 4.01. The molecule has 0 saturated carbocycles. The number of nitrogen functional groups attached to an aromatic ring is 1. The normalized spacial score (nSPS) is 17.6. The van der Waals surface area contributed by atoms with Crippen LogP contribution in [0.25, 0.3) is 0 Å². The third kappa shape index (κ3) is 2.11. The Morgan fingerprint density at radius 3 is 2.94 bits per heavy atom. The van der Waals surface area contributed by atoms with Crippen LogP contribution in [0.15, 0.2) is 4.42 Å². The van der Waals surface area contributed by atoms with Crippen molar-refractivity contribution in [2.75, 3.05) is 12.3 Å². The van der Waals surface area contributed by atoms with Crippen molar-refractivity contribution in [1.29, 1.82) is 0 Å². The molecule has 4 nitrogen and oxygen atoms in total. The SMILES string of the molecule is CCOC(=O)c1oc2c(c1N)CC(F)(F)CC2. The van der Waals surface area contributed by atoms with Gasteiger partial charge in [-0.1, -0.05) is 0 Å². The number of anilines is 1. The summed E-state index contributed by atoms with van der Waals surface area (Å²) in [6, 6.07) is 0. The fraction of sp³-hybridized carbons (Fsp3) is 0.545. The minimum absolute atomic E-state index is 0.0159. The summed E-state index contributed by atoms with van der Waals surface area (Å²) in [5.41, 5.74) is 5.87. The number of furan rings is 1. The number of fused-ring (bicyclic) bond motifs is 1. The van der Waals surface area contributed by atoms with Gasteiger partial charge < -0.3 is 14.9 Å². The molecule has 0 aromatic carbocycles. The molecule has 0 unspecified atom stereocenters. The molecule has 94 valence electrons. The molecule has 0 bridgehead atoms. The molecule has 1 heterocycles. The first-order valence-electron chi connectivity index (χ1n) is 5.39. The van der Waals surface area contributed by atoms with E-state index in [1.54, 1.807) is 6.92 Å². The molecule has 1 aromatic heterocycles. The van der Waals surface area contributed by atoms with Gasteiger partial charge >= 0.3 is 5.97 Å². The third-order valence-corrected chi connectivity index (χ3v) is 2.75. The topological polar surface area (TPSA) is 65.5 Å². The van der Waals surface area contributed by atoms with Crippen LogP contribution in [0.4, 0.5) is 14.5 Å². The lowest BCUT2D eigenvalue weighted by Crippen LogP contribution is -2.25. The maximum Gasteiger partial charge on any atom is 0.376 e. The Labute approximate surface area is 96.7 Å². The molecule has 0 atom stereocenters. The van der Waals surface area contributed by atoms with Gasteiger partial charge in [-0.3, -0.25) is 0 Å². The molecule has 0 fully saturated rings. The molecular weight excluding hydrogens is 232 g/mol. The van der Waals surface area contributed by atoms with Crippen LogP contribution in [0, 0.1) is 0 Å². The molecule has 0 spiro atoms. The van der Waals surface area contributed by atoms with Gasteiger partial charge in [-0.2, -0.15) is 0 Å². The Balaban J connectivity index is 2.34. The van der Waals surface area contributed by atoms with E-state index in [9.17, 15) is 13.6 Å². The number of rotatable bonds is 2. The minimum atomic E-state index is -2.78. The Morgan fingerprint density at radius 1 is 1.59 bits per heavy atom. The van der Waals surface area contributed by atoms with Crippen molar-refractivity contribution < 1.29 is 22.7 Å². The molecule has 2 rings (SSSR count). The van der Waals surface area contributed by atoms with Crippen LogP contribution in [0.2, 0.25) is 0 Å². The van der Waals surface area contributed by atoms with Crippen molar-refractivity contribution in [2.45, 2.75) is 32.1 Å². The van der Waals surface area contributed by atoms with Crippen LogP contribution in [0.3, 0.4) is 0 Å². The van der Waals surface area contributed by atoms with E-state index in [-0.39, 0.29) is 36.5 Å². The van der Waals surface area contributed by atoms with Gasteiger partial charge in [0.1, 0.15) is 5.76 Å². The van der Waals surface area contributed by atoms with Gasteiger partial charge in [-0.05, 0) is 6.92 Å². The highest BCUT2D eigenvalue weighted by molar-refractivity contribution is 5.93. The molecular formula is C11H13F2NO3. The summed E-state index contributed by atoms with van der Waals surface area (Å²) in [6.07, 6.45) is -0.668. The first-order chi connectivity index (χ1) is 7.94. The van der Waals surface area contributed by atoms with Gasteiger partial charge in [-0.15, -0.1) is 0 Å². The van der Waals surface area contributed by atoms with E-state index in [0.29, 0.717) is 5.76 Å². The number of aryl methyl sites for hydroxylation is 1. The van der Waals surface area contributed by atoms with Crippen molar-refractivity contribution in [3.05, 3.63) is 17.1 Å². The molecule has 0 amide bonds. The molecule has 0 radical (unpaired) electrons. The van der Waals surface area contributed by atoms with Crippen molar-refractivity contribution in [2.24, 2.45) is 0 Å². The van der Waals surface area contributed by atoms with E-state index in [1.165, 1.54) is 0 Å². The van der Waals surface area contributed by atoms with Crippen LogP contribution in [-0.4, -0.2) is 18.5 Å². The molecule has 0 saturated heterocycles. The number of hydrogen-bond donors (Lipinski definition) is 1. The van der Waals surface area contributed by atoms with Crippen LogP contribution in [-0.2, 0) is 17.6 Å². The Kier molecular flexibility index (Phi) is 2.81. The number of hydrogen-bond acceptors (Lipinski definition) is 4. The number of carbonyl (C=O) groups is 1. The second-order valence-corrected chi connectivity index (χ2v) is 4.00. The number of alkyl halides is 2. The maximum absolute atomic E-state index is 13.2. The number of esters is 1. The summed E-state index contributed by atoms with van der Waals surface area (Å²) in [7, 11) is 0. The molecule has 1 aliphatic rings. The molecule has 0 aliphatic heterocycles. The lowest BCUT2D eigenvalue weighted by molar-refractivity contribution is -0.0143. The van der Waals surface area contributed by atoms with E-state index in [1.807, 2.05) is 0 Å². The quantitative estimate of drug-likeness (QED) is 0.811. The van der Waals surface area contributed by atoms with Crippen LogP contribution in [0.5, 0.6) is 0 Å². The number of carbonyl (C=O) groups excluding carboxylic acids is 1. The fourth-order valence-corrected chi connectivity index (χ4v) is 1.91. The second-order valence-electron chi connectivity index (χ2n) is 4.00. The Morgan fingerprint density at radius 2 is 2.29 bits per heavy atom. The van der Waals surface area contributed by atoms with Crippen LogP contribution < -0.4 is 5.73 Å². The number of ether oxygens (including phenoxy) is 1. The zero-order valence-corrected chi connectivity index (χ0v) is 9.39. The van der Waals surface area contributed by atoms with E-state index in [2.05, 4.69) is 0 Å². The average Bonchev–Trinajstić information content (AvgIpc) is 2.55. The molecule has 2 N–H and O–H groups in total. The standard InChI is InChI=1S/C11H13F2NO3/c1-2-16-10(15)9-8(14)6-5-11(12,13)4-3-7(6)17-9/h2-5,14H2,1H3. The maximum atomic E-state index is 13.2. The van der Waals surface area contributed by atoms with E-state index < -0.39 is 18.3 Å². The van der Waals surface area contributed by atoms with Crippen molar-refractivity contribution in [3.63, 3.8) is 0 Å². The van der Waals surface area contributed by atoms with Crippen molar-refractivity contribution >= 4 is 11.7 Å². The van der Waals surface area contributed by atoms with Crippen LogP contribution in [0.1, 0.15) is 35.2 Å². The van der Waals surface area contributed by atoms with Gasteiger partial charge in [0.15, 0.2) is 0 Å². The summed E-state index contributed by atoms with van der Waals surface area (Å²) < 4.78 is 36.4. The minimum Gasteiger partial charge on any atom is -0.460 e. The molecule has 6 heteroatoms. The van der Waals surface area contributed by atoms with Gasteiger partial charge in [0.25, 0.3) is 5.92 Å². The number of halogens is 2. The lowest BCUT2D eigenvalue weighted by atomic mass is 9.94. The molecule has 17 heavy (non-hydrogen) atoms. The fourth-order valence-electron chi connectivity index (χ4n) is 1.91. The van der Waals surface area contributed by atoms with Crippen LogP contribution >= 0.6 is 0 Å². The van der Waals surface area contributed by atoms with Gasteiger partial charge in [-0.25, -0.2) is 13.6 Å². The summed E-state index contributed by atoms with van der Waals surface area (Å²) in [5.74, 6) is -3.27. The zero-order chi connectivity index (χ0) is 12.6. The van der Waals surface area contributed by atoms with Crippen molar-refractivity contribution in [3.8, 4) is 0 Å². The Bertz CT molecular complexity index is 454. The summed E-state index contributed by atoms with van der Waals surface area (Å²) in [6.45, 7) is 1.82. The summed E-state index contributed by atoms with van der Waals surface area (Å²) in [5, 5.41) is 0. The predicted molar refractivity (Wildman–Crippen MR) is 56.0 cm³/mol. The van der Waals surface area contributed by atoms with Gasteiger partial charge in [0, 0.05) is 24.8 Å². The highest BCUT2D eigenvalue weighted by Crippen LogP contribution is 2.38. The highest BCUT2D eigenvalue weighted by atomic mass is 19.3. The van der Waals surface area contributed by atoms with E-state index >= 15 is 0 Å². The van der Waals surface area contributed by atoms with Gasteiger partial charge in [0.05, 0.1) is 12.3 Å². The monoisotopic (exact) mass is 245 g/mol. The number of nitrogens with two attached hydrogens (primary N) is 1. The summed E-state index contributed by atoms with van der Waals surface area (Å²) in [4.78, 5) is 11.5. The lowest BCUT2D eigenvalue weighted by Gasteiger charge is -2.20. The third-order valence-electron chi connectivity index (χ3n) is 2.75. The zero-order valence-electron chi connectivity index (χ0n) is 9.39. The molecule has 1 aromatic rings. The highest BCUT2D eigenvalue weighted by Gasteiger charge is 2.39. The summed E-state index contributed by atoms with van der Waals surface area (Å²) >= 11 is 0. The average molecular weight is 245 g/mol. The van der Waals surface area contributed by atoms with E-state index in [4.69, 9.17) is 14.9 Å².